The fourth-order valence-electron chi connectivity index (χ4n) is 4.49. The molecule has 1 unspecified atom stereocenters. The van der Waals surface area contributed by atoms with Crippen molar-refractivity contribution in [3.63, 3.8) is 0 Å². The first kappa shape index (κ1) is 20.0. The SMILES string of the molecule is O=C(NC1CCCC[C@@H]1N1Cc2ccc(-c3noc(C(F)(F)F)n3)cc2C1=O)C1CC1. The van der Waals surface area contributed by atoms with Crippen molar-refractivity contribution < 1.29 is 27.3 Å². The van der Waals surface area contributed by atoms with E-state index in [2.05, 4.69) is 20.0 Å². The molecule has 2 fully saturated rings. The van der Waals surface area contributed by atoms with E-state index >= 15 is 0 Å². The minimum Gasteiger partial charge on any atom is -0.351 e. The second-order valence-corrected chi connectivity index (χ2v) is 8.47. The first-order valence-corrected chi connectivity index (χ1v) is 10.5. The molecule has 2 atom stereocenters. The maximum absolute atomic E-state index is 13.2. The summed E-state index contributed by atoms with van der Waals surface area (Å²) in [4.78, 5) is 30.7. The third kappa shape index (κ3) is 3.79. The summed E-state index contributed by atoms with van der Waals surface area (Å²) in [5.74, 6) is -1.65. The van der Waals surface area contributed by atoms with E-state index < -0.39 is 12.1 Å². The molecule has 0 spiro atoms. The Labute approximate surface area is 176 Å². The van der Waals surface area contributed by atoms with Gasteiger partial charge >= 0.3 is 12.1 Å². The molecule has 2 aliphatic carbocycles. The Morgan fingerprint density at radius 3 is 2.65 bits per heavy atom. The smallest absolute Gasteiger partial charge is 0.351 e. The van der Waals surface area contributed by atoms with Crippen LogP contribution < -0.4 is 5.32 Å². The Balaban J connectivity index is 1.37. The van der Waals surface area contributed by atoms with Gasteiger partial charge in [-0.25, -0.2) is 0 Å². The highest BCUT2D eigenvalue weighted by molar-refractivity contribution is 5.99. The standard InChI is InChI=1S/C21H21F3N4O3/c22-21(23,24)20-26-17(27-31-20)12-7-8-13-10-28(19(30)14(13)9-12)16-4-2-1-3-15(16)25-18(29)11-5-6-11/h7-9,11,15-16H,1-6,10H2,(H,25,29)/t15?,16-/m0/s1. The van der Waals surface area contributed by atoms with Crippen LogP contribution in [0, 0.1) is 5.92 Å². The van der Waals surface area contributed by atoms with E-state index in [1.165, 1.54) is 6.07 Å². The van der Waals surface area contributed by atoms with E-state index in [1.54, 1.807) is 17.0 Å². The molecule has 1 aromatic carbocycles. The fraction of sp³-hybridized carbons (Fsp3) is 0.524. The molecule has 2 heterocycles. The maximum atomic E-state index is 13.2. The van der Waals surface area contributed by atoms with Crippen LogP contribution in [0.1, 0.15) is 60.3 Å². The van der Waals surface area contributed by atoms with Gasteiger partial charge in [-0.15, -0.1) is 0 Å². The van der Waals surface area contributed by atoms with E-state index in [-0.39, 0.29) is 41.2 Å². The first-order valence-electron chi connectivity index (χ1n) is 10.5. The van der Waals surface area contributed by atoms with Gasteiger partial charge in [0.05, 0.1) is 6.04 Å². The summed E-state index contributed by atoms with van der Waals surface area (Å²) in [7, 11) is 0. The van der Waals surface area contributed by atoms with E-state index in [9.17, 15) is 22.8 Å². The molecule has 2 aromatic rings. The van der Waals surface area contributed by atoms with Crippen molar-refractivity contribution >= 4 is 11.8 Å². The number of nitrogens with zero attached hydrogens (tertiary/aromatic N) is 3. The number of benzene rings is 1. The zero-order valence-electron chi connectivity index (χ0n) is 16.6. The maximum Gasteiger partial charge on any atom is 0.471 e. The van der Waals surface area contributed by atoms with Crippen molar-refractivity contribution in [2.75, 3.05) is 0 Å². The molecular formula is C21H21F3N4O3. The number of hydrogen-bond acceptors (Lipinski definition) is 5. The van der Waals surface area contributed by atoms with Crippen molar-refractivity contribution in [3.05, 3.63) is 35.2 Å². The van der Waals surface area contributed by atoms with Crippen molar-refractivity contribution in [1.82, 2.24) is 20.4 Å². The predicted octanol–water partition coefficient (Wildman–Crippen LogP) is 3.55. The normalized spacial score (nSPS) is 23.7. The van der Waals surface area contributed by atoms with Gasteiger partial charge in [-0.05, 0) is 37.3 Å². The molecule has 7 nitrogen and oxygen atoms in total. The quantitative estimate of drug-likeness (QED) is 0.795. The second-order valence-electron chi connectivity index (χ2n) is 8.47. The van der Waals surface area contributed by atoms with Crippen molar-refractivity contribution in [2.24, 2.45) is 5.92 Å². The third-order valence-electron chi connectivity index (χ3n) is 6.27. The Bertz CT molecular complexity index is 1030. The zero-order valence-corrected chi connectivity index (χ0v) is 16.6. The molecule has 164 valence electrons. The zero-order chi connectivity index (χ0) is 21.8. The average molecular weight is 434 g/mol. The lowest BCUT2D eigenvalue weighted by atomic mass is 9.89. The first-order chi connectivity index (χ1) is 14.8. The molecule has 2 amide bonds. The number of carbonyl (C=O) groups is 2. The molecule has 5 rings (SSSR count). The van der Waals surface area contributed by atoms with Gasteiger partial charge in [-0.3, -0.25) is 9.59 Å². The minimum atomic E-state index is -4.73. The van der Waals surface area contributed by atoms with Crippen LogP contribution in [-0.2, 0) is 17.5 Å². The molecule has 1 N–H and O–H groups in total. The number of nitrogens with one attached hydrogen (secondary N) is 1. The van der Waals surface area contributed by atoms with Gasteiger partial charge in [-0.1, -0.05) is 30.1 Å². The van der Waals surface area contributed by atoms with Gasteiger partial charge in [0, 0.05) is 29.6 Å². The van der Waals surface area contributed by atoms with Crippen LogP contribution in [0.2, 0.25) is 0 Å². The van der Waals surface area contributed by atoms with E-state index in [0.29, 0.717) is 12.1 Å². The van der Waals surface area contributed by atoms with E-state index in [0.717, 1.165) is 44.1 Å². The summed E-state index contributed by atoms with van der Waals surface area (Å²) in [6.45, 7) is 0.412. The molecule has 0 saturated heterocycles. The summed E-state index contributed by atoms with van der Waals surface area (Å²) in [6.07, 6.45) is 0.743. The van der Waals surface area contributed by atoms with Crippen molar-refractivity contribution in [2.45, 2.75) is 63.3 Å². The van der Waals surface area contributed by atoms with Gasteiger partial charge in [0.25, 0.3) is 5.91 Å². The van der Waals surface area contributed by atoms with Gasteiger partial charge < -0.3 is 14.7 Å². The van der Waals surface area contributed by atoms with Crippen LogP contribution in [0.3, 0.4) is 0 Å². The Morgan fingerprint density at radius 1 is 1.16 bits per heavy atom. The average Bonchev–Trinajstić information content (AvgIpc) is 3.38. The summed E-state index contributed by atoms with van der Waals surface area (Å²) >= 11 is 0. The highest BCUT2D eigenvalue weighted by Gasteiger charge is 2.41. The van der Waals surface area contributed by atoms with Crippen LogP contribution in [-0.4, -0.2) is 38.9 Å². The van der Waals surface area contributed by atoms with Crippen LogP contribution in [0.15, 0.2) is 22.7 Å². The predicted molar refractivity (Wildman–Crippen MR) is 102 cm³/mol. The summed E-state index contributed by atoms with van der Waals surface area (Å²) < 4.78 is 42.5. The topological polar surface area (TPSA) is 88.3 Å². The number of rotatable bonds is 4. The Morgan fingerprint density at radius 2 is 1.94 bits per heavy atom. The second kappa shape index (κ2) is 7.35. The molecule has 0 bridgehead atoms. The number of halogens is 3. The summed E-state index contributed by atoms with van der Waals surface area (Å²) in [5, 5.41) is 6.54. The third-order valence-corrected chi connectivity index (χ3v) is 6.27. The van der Waals surface area contributed by atoms with Gasteiger partial charge in [0.2, 0.25) is 11.7 Å². The minimum absolute atomic E-state index is 0.0703. The monoisotopic (exact) mass is 434 g/mol. The Kier molecular flexibility index (Phi) is 4.75. The fourth-order valence-corrected chi connectivity index (χ4v) is 4.49. The lowest BCUT2D eigenvalue weighted by Gasteiger charge is -2.38. The molecule has 31 heavy (non-hydrogen) atoms. The van der Waals surface area contributed by atoms with Gasteiger partial charge in [0.1, 0.15) is 0 Å². The molecule has 1 aliphatic heterocycles. The van der Waals surface area contributed by atoms with Gasteiger partial charge in [0.15, 0.2) is 0 Å². The lowest BCUT2D eigenvalue weighted by Crippen LogP contribution is -2.53. The lowest BCUT2D eigenvalue weighted by molar-refractivity contribution is -0.159. The molecule has 1 aromatic heterocycles. The number of alkyl halides is 3. The molecule has 0 radical (unpaired) electrons. The van der Waals surface area contributed by atoms with Crippen LogP contribution >= 0.6 is 0 Å². The van der Waals surface area contributed by atoms with E-state index in [4.69, 9.17) is 0 Å². The van der Waals surface area contributed by atoms with Gasteiger partial charge in [-0.2, -0.15) is 18.2 Å². The van der Waals surface area contributed by atoms with Crippen LogP contribution in [0.5, 0.6) is 0 Å². The van der Waals surface area contributed by atoms with Crippen LogP contribution in [0.4, 0.5) is 13.2 Å². The van der Waals surface area contributed by atoms with Crippen LogP contribution in [0.25, 0.3) is 11.4 Å². The largest absolute Gasteiger partial charge is 0.471 e. The van der Waals surface area contributed by atoms with E-state index in [1.807, 2.05) is 0 Å². The number of hydrogen-bond donors (Lipinski definition) is 1. The van der Waals surface area contributed by atoms with Crippen molar-refractivity contribution in [3.8, 4) is 11.4 Å². The Hall–Kier alpha value is -2.91. The molecular weight excluding hydrogens is 413 g/mol. The molecule has 10 heteroatoms. The number of carbonyl (C=O) groups excluding carboxylic acids is 2. The molecule has 2 saturated carbocycles. The van der Waals surface area contributed by atoms with Crippen molar-refractivity contribution in [1.29, 1.82) is 0 Å². The number of fused-ring (bicyclic) bond motifs is 1. The molecule has 3 aliphatic rings. The number of amides is 2. The summed E-state index contributed by atoms with van der Waals surface area (Å²) in [5.41, 5.74) is 1.51. The number of aromatic nitrogens is 2. The highest BCUT2D eigenvalue weighted by Crippen LogP contribution is 2.35. The highest BCUT2D eigenvalue weighted by atomic mass is 19.4. The summed E-state index contributed by atoms with van der Waals surface area (Å²) in [6, 6.07) is 4.65.